The van der Waals surface area contributed by atoms with E-state index in [4.69, 9.17) is 5.84 Å². The van der Waals surface area contributed by atoms with E-state index in [9.17, 15) is 9.59 Å². The Labute approximate surface area is 156 Å². The quantitative estimate of drug-likeness (QED) is 0.556. The fourth-order valence-electron chi connectivity index (χ4n) is 2.16. The average molecular weight is 376 g/mol. The molecule has 140 valence electrons. The summed E-state index contributed by atoms with van der Waals surface area (Å²) in [5.74, 6) is 6.18. The Morgan fingerprint density at radius 3 is 2.50 bits per heavy atom. The molecular formula is C17H24N6O2S. The predicted molar refractivity (Wildman–Crippen MR) is 102 cm³/mol. The molecule has 0 saturated carbocycles. The molecule has 9 heteroatoms. The van der Waals surface area contributed by atoms with Crippen molar-refractivity contribution in [3.8, 4) is 11.4 Å². The minimum atomic E-state index is -0.572. The summed E-state index contributed by atoms with van der Waals surface area (Å²) in [6.45, 7) is 9.13. The Bertz CT molecular complexity index is 812. The van der Waals surface area contributed by atoms with Crippen LogP contribution in [0.2, 0.25) is 0 Å². The van der Waals surface area contributed by atoms with Crippen LogP contribution in [0.25, 0.3) is 11.4 Å². The lowest BCUT2D eigenvalue weighted by molar-refractivity contribution is -0.119. The van der Waals surface area contributed by atoms with Gasteiger partial charge in [0.25, 0.3) is 0 Å². The maximum Gasteiger partial charge on any atom is 0.321 e. The van der Waals surface area contributed by atoms with Gasteiger partial charge in [-0.3, -0.25) is 10.1 Å². The molecule has 0 unspecified atom stereocenters. The number of aryl methyl sites for hydroxylation is 1. The van der Waals surface area contributed by atoms with Crippen molar-refractivity contribution in [1.82, 2.24) is 25.5 Å². The van der Waals surface area contributed by atoms with Gasteiger partial charge in [0.1, 0.15) is 0 Å². The zero-order valence-corrected chi connectivity index (χ0v) is 16.3. The highest BCUT2D eigenvalue weighted by atomic mass is 32.2. The highest BCUT2D eigenvalue weighted by molar-refractivity contribution is 8.00. The highest BCUT2D eigenvalue weighted by Gasteiger charge is 2.23. The Balaban J connectivity index is 2.06. The third-order valence-corrected chi connectivity index (χ3v) is 4.48. The van der Waals surface area contributed by atoms with Crippen LogP contribution < -0.4 is 16.5 Å². The number of carbonyl (C=O) groups excluding carboxylic acids is 2. The Hall–Kier alpha value is -2.55. The van der Waals surface area contributed by atoms with Crippen molar-refractivity contribution in [2.45, 2.75) is 50.6 Å². The average Bonchev–Trinajstić information content (AvgIpc) is 2.86. The minimum Gasteiger partial charge on any atom is -0.335 e. The van der Waals surface area contributed by atoms with Crippen molar-refractivity contribution in [2.24, 2.45) is 0 Å². The van der Waals surface area contributed by atoms with E-state index >= 15 is 0 Å². The molecule has 0 aliphatic rings. The first-order valence-corrected chi connectivity index (χ1v) is 9.02. The molecule has 0 bridgehead atoms. The summed E-state index contributed by atoms with van der Waals surface area (Å²) in [4.78, 5) is 24.0. The summed E-state index contributed by atoms with van der Waals surface area (Å²) >= 11 is 1.13. The van der Waals surface area contributed by atoms with Crippen molar-refractivity contribution in [3.05, 3.63) is 29.8 Å². The van der Waals surface area contributed by atoms with Gasteiger partial charge in [0.2, 0.25) is 11.1 Å². The Morgan fingerprint density at radius 1 is 1.23 bits per heavy atom. The largest absolute Gasteiger partial charge is 0.335 e. The van der Waals surface area contributed by atoms with Gasteiger partial charge in [0.15, 0.2) is 5.82 Å². The summed E-state index contributed by atoms with van der Waals surface area (Å²) in [7, 11) is 0. The van der Waals surface area contributed by atoms with Crippen LogP contribution in [0.15, 0.2) is 29.4 Å². The predicted octanol–water partition coefficient (Wildman–Crippen LogP) is 2.07. The van der Waals surface area contributed by atoms with Crippen LogP contribution in [0, 0.1) is 6.92 Å². The zero-order chi connectivity index (χ0) is 19.5. The second-order valence-electron chi connectivity index (χ2n) is 6.94. The number of amides is 3. The van der Waals surface area contributed by atoms with Crippen LogP contribution in [0.5, 0.6) is 0 Å². The van der Waals surface area contributed by atoms with Crippen molar-refractivity contribution >= 4 is 23.7 Å². The van der Waals surface area contributed by atoms with Gasteiger partial charge in [-0.15, -0.1) is 10.2 Å². The molecule has 8 nitrogen and oxygen atoms in total. The number of benzene rings is 1. The number of nitrogen functional groups attached to an aromatic ring is 1. The Morgan fingerprint density at radius 2 is 1.88 bits per heavy atom. The van der Waals surface area contributed by atoms with Crippen LogP contribution in [0.3, 0.4) is 0 Å². The van der Waals surface area contributed by atoms with E-state index in [2.05, 4.69) is 20.8 Å². The molecule has 0 aliphatic carbocycles. The maximum atomic E-state index is 12.2. The van der Waals surface area contributed by atoms with Gasteiger partial charge in [-0.05, 0) is 40.2 Å². The normalized spacial score (nSPS) is 12.5. The first kappa shape index (κ1) is 19.8. The number of urea groups is 1. The molecule has 1 aromatic carbocycles. The second-order valence-corrected chi connectivity index (χ2v) is 8.25. The van der Waals surface area contributed by atoms with Crippen molar-refractivity contribution in [3.63, 3.8) is 0 Å². The third-order valence-electron chi connectivity index (χ3n) is 3.43. The highest BCUT2D eigenvalue weighted by Crippen LogP contribution is 2.26. The molecule has 1 heterocycles. The number of hydrogen-bond acceptors (Lipinski definition) is 6. The first-order valence-electron chi connectivity index (χ1n) is 8.14. The second kappa shape index (κ2) is 7.77. The molecule has 0 aliphatic heterocycles. The summed E-state index contributed by atoms with van der Waals surface area (Å²) in [6, 6.07) is 7.16. The number of nitrogens with zero attached hydrogens (tertiary/aromatic N) is 3. The van der Waals surface area contributed by atoms with Crippen molar-refractivity contribution in [1.29, 1.82) is 0 Å². The smallest absolute Gasteiger partial charge is 0.321 e. The Kier molecular flexibility index (Phi) is 5.91. The van der Waals surface area contributed by atoms with Crippen LogP contribution in [-0.2, 0) is 4.79 Å². The van der Waals surface area contributed by atoms with E-state index in [0.717, 1.165) is 22.9 Å². The number of carbonyl (C=O) groups is 2. The maximum absolute atomic E-state index is 12.2. The van der Waals surface area contributed by atoms with Crippen LogP contribution >= 0.6 is 11.8 Å². The molecule has 2 aromatic rings. The fraction of sp³-hybridized carbons (Fsp3) is 0.412. The number of imide groups is 1. The van der Waals surface area contributed by atoms with Crippen LogP contribution in [0.1, 0.15) is 33.3 Å². The zero-order valence-electron chi connectivity index (χ0n) is 15.5. The molecule has 1 aromatic heterocycles. The van der Waals surface area contributed by atoms with Gasteiger partial charge in [-0.1, -0.05) is 36.0 Å². The van der Waals surface area contributed by atoms with E-state index in [1.807, 2.05) is 52.0 Å². The fourth-order valence-corrected chi connectivity index (χ4v) is 2.93. The molecule has 3 amide bonds. The standard InChI is InChI=1S/C17H24N6O2S/c1-10-8-6-7-9-12(10)13-21-22-16(23(13)18)26-11(2)14(24)19-15(25)20-17(3,4)5/h6-9,11H,18H2,1-5H3,(H2,19,20,24,25)/t11-/m1/s1. The molecule has 2 rings (SSSR count). The van der Waals surface area contributed by atoms with E-state index < -0.39 is 22.7 Å². The molecule has 4 N–H and O–H groups in total. The molecule has 1 atom stereocenters. The van der Waals surface area contributed by atoms with E-state index in [1.54, 1.807) is 6.92 Å². The van der Waals surface area contributed by atoms with E-state index in [-0.39, 0.29) is 0 Å². The monoisotopic (exact) mass is 376 g/mol. The third kappa shape index (κ3) is 4.98. The number of thioether (sulfide) groups is 1. The van der Waals surface area contributed by atoms with Gasteiger partial charge in [0.05, 0.1) is 5.25 Å². The number of aromatic nitrogens is 3. The summed E-state index contributed by atoms with van der Waals surface area (Å²) < 4.78 is 1.35. The SMILES string of the molecule is Cc1ccccc1-c1nnc(S[C@H](C)C(=O)NC(=O)NC(C)(C)C)n1N. The minimum absolute atomic E-state index is 0.391. The summed E-state index contributed by atoms with van der Waals surface area (Å²) in [6.07, 6.45) is 0. The van der Waals surface area contributed by atoms with Gasteiger partial charge >= 0.3 is 6.03 Å². The molecule has 0 radical (unpaired) electrons. The number of nitrogens with two attached hydrogens (primary N) is 1. The number of hydrogen-bond donors (Lipinski definition) is 3. The van der Waals surface area contributed by atoms with E-state index in [1.165, 1.54) is 4.68 Å². The molecule has 0 saturated heterocycles. The lowest BCUT2D eigenvalue weighted by atomic mass is 10.1. The summed E-state index contributed by atoms with van der Waals surface area (Å²) in [5, 5.41) is 13.0. The lowest BCUT2D eigenvalue weighted by Crippen LogP contribution is -2.49. The van der Waals surface area contributed by atoms with Crippen molar-refractivity contribution < 1.29 is 9.59 Å². The van der Waals surface area contributed by atoms with Crippen LogP contribution in [0.4, 0.5) is 4.79 Å². The van der Waals surface area contributed by atoms with Crippen LogP contribution in [-0.4, -0.2) is 37.6 Å². The number of nitrogens with one attached hydrogen (secondary N) is 2. The molecule has 26 heavy (non-hydrogen) atoms. The lowest BCUT2D eigenvalue weighted by Gasteiger charge is -2.21. The molecule has 0 fully saturated rings. The van der Waals surface area contributed by atoms with Crippen molar-refractivity contribution in [2.75, 3.05) is 5.84 Å². The molecule has 0 spiro atoms. The summed E-state index contributed by atoms with van der Waals surface area (Å²) in [5.41, 5.74) is 1.46. The first-order chi connectivity index (χ1) is 12.1. The van der Waals surface area contributed by atoms with Gasteiger partial charge < -0.3 is 11.2 Å². The van der Waals surface area contributed by atoms with E-state index in [0.29, 0.717) is 11.0 Å². The number of rotatable bonds is 4. The van der Waals surface area contributed by atoms with Gasteiger partial charge in [-0.25, -0.2) is 9.47 Å². The topological polar surface area (TPSA) is 115 Å². The van der Waals surface area contributed by atoms with Gasteiger partial charge in [0, 0.05) is 11.1 Å². The molecular weight excluding hydrogens is 352 g/mol. The van der Waals surface area contributed by atoms with Gasteiger partial charge in [-0.2, -0.15) is 0 Å².